The van der Waals surface area contributed by atoms with Crippen molar-refractivity contribution in [1.29, 1.82) is 0 Å². The SMILES string of the molecule is CC1[C-]=CC(C(C)(C)C)=C1.[Cl-].[Cl-].[Zr+3]. The summed E-state index contributed by atoms with van der Waals surface area (Å²) >= 11 is 0. The van der Waals surface area contributed by atoms with Gasteiger partial charge in [-0.05, 0) is 0 Å². The van der Waals surface area contributed by atoms with Gasteiger partial charge in [0.2, 0.25) is 0 Å². The fourth-order valence-electron chi connectivity index (χ4n) is 1.05. The molecule has 0 aromatic carbocycles. The van der Waals surface area contributed by atoms with Crippen molar-refractivity contribution < 1.29 is 51.0 Å². The molecule has 0 fully saturated rings. The summed E-state index contributed by atoms with van der Waals surface area (Å²) in [5.74, 6) is 0.522. The Morgan fingerprint density at radius 1 is 1.23 bits per heavy atom. The zero-order chi connectivity index (χ0) is 7.78. The monoisotopic (exact) mass is 295 g/mol. The molecule has 0 aromatic heterocycles. The third kappa shape index (κ3) is 6.10. The molecule has 0 N–H and O–H groups in total. The van der Waals surface area contributed by atoms with E-state index in [-0.39, 0.29) is 51.0 Å². The predicted molar refractivity (Wildman–Crippen MR) is 44.5 cm³/mol. The molecule has 0 aromatic rings. The van der Waals surface area contributed by atoms with Gasteiger partial charge in [-0.2, -0.15) is 11.6 Å². The van der Waals surface area contributed by atoms with Crippen molar-refractivity contribution >= 4 is 0 Å². The largest absolute Gasteiger partial charge is 3.00 e. The van der Waals surface area contributed by atoms with Crippen molar-refractivity contribution in [3.05, 3.63) is 23.8 Å². The molecule has 0 saturated heterocycles. The average Bonchev–Trinajstić information content (AvgIpc) is 2.11. The minimum absolute atomic E-state index is 0. The van der Waals surface area contributed by atoms with Gasteiger partial charge in [0, 0.05) is 0 Å². The van der Waals surface area contributed by atoms with E-state index in [0.29, 0.717) is 11.3 Å². The predicted octanol–water partition coefficient (Wildman–Crippen LogP) is -3.03. The minimum Gasteiger partial charge on any atom is -1.00 e. The fraction of sp³-hybridized carbons (Fsp3) is 0.600. The first kappa shape index (κ1) is 19.5. The Morgan fingerprint density at radius 3 is 1.85 bits per heavy atom. The summed E-state index contributed by atoms with van der Waals surface area (Å²) in [5, 5.41) is 0. The zero-order valence-corrected chi connectivity index (χ0v) is 12.5. The van der Waals surface area contributed by atoms with Crippen LogP contribution in [0.15, 0.2) is 17.7 Å². The molecule has 1 aliphatic rings. The van der Waals surface area contributed by atoms with Crippen molar-refractivity contribution in [1.82, 2.24) is 0 Å². The molecule has 3 heteroatoms. The Kier molecular flexibility index (Phi) is 10.9. The van der Waals surface area contributed by atoms with Crippen molar-refractivity contribution in [2.75, 3.05) is 0 Å². The summed E-state index contributed by atoms with van der Waals surface area (Å²) in [6, 6.07) is 0. The molecule has 1 unspecified atom stereocenters. The maximum absolute atomic E-state index is 3.26. The molecule has 1 radical (unpaired) electrons. The summed E-state index contributed by atoms with van der Waals surface area (Å²) in [4.78, 5) is 0. The summed E-state index contributed by atoms with van der Waals surface area (Å²) < 4.78 is 0. The molecule has 73 valence electrons. The van der Waals surface area contributed by atoms with Crippen molar-refractivity contribution in [3.8, 4) is 0 Å². The Bertz CT molecular complexity index is 190. The Balaban J connectivity index is -0.000000333. The molecule has 13 heavy (non-hydrogen) atoms. The molecule has 1 aliphatic carbocycles. The Morgan fingerprint density at radius 2 is 1.69 bits per heavy atom. The van der Waals surface area contributed by atoms with Crippen LogP contribution in [0.3, 0.4) is 0 Å². The topological polar surface area (TPSA) is 0 Å². The number of allylic oxidation sites excluding steroid dienone is 4. The first-order valence-electron chi connectivity index (χ1n) is 3.82. The molecule has 0 bridgehead atoms. The van der Waals surface area contributed by atoms with Gasteiger partial charge < -0.3 is 24.8 Å². The van der Waals surface area contributed by atoms with Crippen LogP contribution in [0, 0.1) is 17.4 Å². The molecule has 0 spiro atoms. The molecular formula is C10H15Cl2Zr. The van der Waals surface area contributed by atoms with Crippen LogP contribution in [-0.4, -0.2) is 0 Å². The molecule has 1 rings (SSSR count). The van der Waals surface area contributed by atoms with Gasteiger partial charge in [-0.25, -0.2) is 6.08 Å². The van der Waals surface area contributed by atoms with Crippen molar-refractivity contribution in [3.63, 3.8) is 0 Å². The quantitative estimate of drug-likeness (QED) is 0.418. The number of hydrogen-bond donors (Lipinski definition) is 0. The van der Waals surface area contributed by atoms with E-state index in [1.165, 1.54) is 5.57 Å². The number of hydrogen-bond acceptors (Lipinski definition) is 0. The number of rotatable bonds is 0. The fourth-order valence-corrected chi connectivity index (χ4v) is 1.05. The van der Waals surface area contributed by atoms with Gasteiger partial charge in [0.05, 0.1) is 0 Å². The second-order valence-electron chi connectivity index (χ2n) is 3.97. The molecule has 0 amide bonds. The standard InChI is InChI=1S/C10H15.2ClH.Zr/c1-8-5-6-9(7-8)10(2,3)4;;;/h6-8H,1-4H3;2*1H;/q-1;;;+3/p-2. The molecule has 0 heterocycles. The van der Waals surface area contributed by atoms with Gasteiger partial charge in [0.25, 0.3) is 0 Å². The van der Waals surface area contributed by atoms with Crippen molar-refractivity contribution in [2.24, 2.45) is 11.3 Å². The minimum atomic E-state index is 0. The summed E-state index contributed by atoms with van der Waals surface area (Å²) in [7, 11) is 0. The van der Waals surface area contributed by atoms with Crippen LogP contribution in [0.1, 0.15) is 27.7 Å². The van der Waals surface area contributed by atoms with Gasteiger partial charge in [0.1, 0.15) is 0 Å². The smallest absolute Gasteiger partial charge is 1.00 e. The second-order valence-corrected chi connectivity index (χ2v) is 3.97. The van der Waals surface area contributed by atoms with E-state index in [4.69, 9.17) is 0 Å². The van der Waals surface area contributed by atoms with E-state index in [1.807, 2.05) is 0 Å². The van der Waals surface area contributed by atoms with E-state index < -0.39 is 0 Å². The third-order valence-electron chi connectivity index (χ3n) is 1.80. The first-order valence-corrected chi connectivity index (χ1v) is 3.82. The normalized spacial score (nSPS) is 19.4. The van der Waals surface area contributed by atoms with Crippen LogP contribution in [0.5, 0.6) is 0 Å². The Labute approximate surface area is 113 Å². The molecule has 1 atom stereocenters. The van der Waals surface area contributed by atoms with E-state index in [1.54, 1.807) is 0 Å². The summed E-state index contributed by atoms with van der Waals surface area (Å²) in [6.07, 6.45) is 7.65. The van der Waals surface area contributed by atoms with Crippen molar-refractivity contribution in [2.45, 2.75) is 27.7 Å². The summed E-state index contributed by atoms with van der Waals surface area (Å²) in [6.45, 7) is 8.86. The van der Waals surface area contributed by atoms with Crippen LogP contribution in [0.25, 0.3) is 0 Å². The molecule has 0 saturated carbocycles. The van der Waals surface area contributed by atoms with E-state index >= 15 is 0 Å². The second kappa shape index (κ2) is 7.26. The van der Waals surface area contributed by atoms with Crippen LogP contribution < -0.4 is 24.8 Å². The van der Waals surface area contributed by atoms with Crippen LogP contribution in [0.4, 0.5) is 0 Å². The van der Waals surface area contributed by atoms with Crippen LogP contribution in [0.2, 0.25) is 0 Å². The maximum Gasteiger partial charge on any atom is 3.00 e. The van der Waals surface area contributed by atoms with Gasteiger partial charge in [-0.15, -0.1) is 0 Å². The Hall–Kier alpha value is 0.943. The van der Waals surface area contributed by atoms with Gasteiger partial charge in [-0.3, -0.25) is 6.08 Å². The average molecular weight is 297 g/mol. The molecule has 0 aliphatic heterocycles. The van der Waals surface area contributed by atoms with Crippen LogP contribution in [-0.2, 0) is 26.2 Å². The van der Waals surface area contributed by atoms with Gasteiger partial charge in [-0.1, -0.05) is 39.0 Å². The molecular weight excluding hydrogens is 282 g/mol. The van der Waals surface area contributed by atoms with E-state index in [0.717, 1.165) is 0 Å². The van der Waals surface area contributed by atoms with Gasteiger partial charge >= 0.3 is 26.2 Å². The molecule has 0 nitrogen and oxygen atoms in total. The van der Waals surface area contributed by atoms with E-state index in [2.05, 4.69) is 45.9 Å². The van der Waals surface area contributed by atoms with E-state index in [9.17, 15) is 0 Å². The number of halogens is 2. The summed E-state index contributed by atoms with van der Waals surface area (Å²) in [5.41, 5.74) is 1.72. The van der Waals surface area contributed by atoms with Crippen LogP contribution >= 0.6 is 0 Å². The zero-order valence-electron chi connectivity index (χ0n) is 8.49. The first-order chi connectivity index (χ1) is 4.50. The third-order valence-corrected chi connectivity index (χ3v) is 1.80. The maximum atomic E-state index is 3.26. The van der Waals surface area contributed by atoms with Gasteiger partial charge in [0.15, 0.2) is 0 Å².